The highest BCUT2D eigenvalue weighted by Crippen LogP contribution is 2.17. The van der Waals surface area contributed by atoms with Gasteiger partial charge in [-0.2, -0.15) is 0 Å². The number of nitrogens with two attached hydrogens (primary N) is 1. The van der Waals surface area contributed by atoms with Gasteiger partial charge in [0.25, 0.3) is 0 Å². The van der Waals surface area contributed by atoms with Crippen molar-refractivity contribution >= 4 is 5.69 Å². The SMILES string of the molecule is Cc1ccc([C@@H](C)O)cc1N. The van der Waals surface area contributed by atoms with Crippen molar-refractivity contribution in [3.05, 3.63) is 29.3 Å². The Hall–Kier alpha value is -1.02. The average molecular weight is 151 g/mol. The van der Waals surface area contributed by atoms with Crippen LogP contribution >= 0.6 is 0 Å². The van der Waals surface area contributed by atoms with E-state index in [9.17, 15) is 5.11 Å². The van der Waals surface area contributed by atoms with E-state index < -0.39 is 6.10 Å². The van der Waals surface area contributed by atoms with Gasteiger partial charge < -0.3 is 10.8 Å². The number of anilines is 1. The van der Waals surface area contributed by atoms with E-state index in [1.165, 1.54) is 0 Å². The molecular formula is C9H13NO. The number of aliphatic hydroxyl groups excluding tert-OH is 1. The molecule has 0 saturated carbocycles. The van der Waals surface area contributed by atoms with E-state index in [0.29, 0.717) is 0 Å². The van der Waals surface area contributed by atoms with E-state index in [4.69, 9.17) is 5.73 Å². The second-order valence-electron chi connectivity index (χ2n) is 2.79. The lowest BCUT2D eigenvalue weighted by Gasteiger charge is -2.06. The second kappa shape index (κ2) is 2.93. The minimum absolute atomic E-state index is 0.433. The van der Waals surface area contributed by atoms with Crippen LogP contribution in [0.15, 0.2) is 18.2 Å². The number of rotatable bonds is 1. The van der Waals surface area contributed by atoms with Gasteiger partial charge in [-0.3, -0.25) is 0 Å². The molecule has 0 heterocycles. The van der Waals surface area contributed by atoms with Crippen LogP contribution in [-0.4, -0.2) is 5.11 Å². The molecule has 0 aliphatic carbocycles. The third-order valence-electron chi connectivity index (χ3n) is 1.79. The third kappa shape index (κ3) is 1.71. The van der Waals surface area contributed by atoms with Gasteiger partial charge in [0.2, 0.25) is 0 Å². The number of hydrogen-bond acceptors (Lipinski definition) is 2. The van der Waals surface area contributed by atoms with Crippen LogP contribution in [0.25, 0.3) is 0 Å². The molecule has 0 saturated heterocycles. The quantitative estimate of drug-likeness (QED) is 0.599. The van der Waals surface area contributed by atoms with Crippen LogP contribution in [0.2, 0.25) is 0 Å². The first-order valence-corrected chi connectivity index (χ1v) is 3.65. The van der Waals surface area contributed by atoms with Gasteiger partial charge in [0.15, 0.2) is 0 Å². The molecule has 0 aliphatic heterocycles. The Bertz CT molecular complexity index is 256. The maximum atomic E-state index is 9.18. The van der Waals surface area contributed by atoms with Crippen molar-refractivity contribution in [2.45, 2.75) is 20.0 Å². The number of nitrogen functional groups attached to an aromatic ring is 1. The number of hydrogen-bond donors (Lipinski definition) is 2. The fourth-order valence-corrected chi connectivity index (χ4v) is 0.919. The number of aliphatic hydroxyl groups is 1. The Balaban J connectivity index is 3.05. The van der Waals surface area contributed by atoms with Crippen molar-refractivity contribution in [2.75, 3.05) is 5.73 Å². The average Bonchev–Trinajstić information content (AvgIpc) is 1.94. The first kappa shape index (κ1) is 8.08. The molecular weight excluding hydrogens is 138 g/mol. The molecule has 60 valence electrons. The maximum absolute atomic E-state index is 9.18. The van der Waals surface area contributed by atoms with Crippen molar-refractivity contribution in [2.24, 2.45) is 0 Å². The molecule has 0 radical (unpaired) electrons. The monoisotopic (exact) mass is 151 g/mol. The highest BCUT2D eigenvalue weighted by Gasteiger charge is 2.01. The summed E-state index contributed by atoms with van der Waals surface area (Å²) in [6.07, 6.45) is -0.433. The summed E-state index contributed by atoms with van der Waals surface area (Å²) in [4.78, 5) is 0. The van der Waals surface area contributed by atoms with Crippen LogP contribution in [-0.2, 0) is 0 Å². The van der Waals surface area contributed by atoms with Crippen molar-refractivity contribution in [1.82, 2.24) is 0 Å². The molecule has 1 aromatic carbocycles. The van der Waals surface area contributed by atoms with E-state index in [1.807, 2.05) is 19.1 Å². The molecule has 1 aromatic rings. The van der Waals surface area contributed by atoms with E-state index in [2.05, 4.69) is 0 Å². The summed E-state index contributed by atoms with van der Waals surface area (Å²) >= 11 is 0. The summed E-state index contributed by atoms with van der Waals surface area (Å²) in [6, 6.07) is 5.60. The van der Waals surface area contributed by atoms with Crippen LogP contribution in [0.1, 0.15) is 24.2 Å². The molecule has 0 fully saturated rings. The minimum Gasteiger partial charge on any atom is -0.399 e. The Labute approximate surface area is 66.7 Å². The summed E-state index contributed by atoms with van der Waals surface area (Å²) in [5.41, 5.74) is 8.31. The Morgan fingerprint density at radius 3 is 2.55 bits per heavy atom. The predicted molar refractivity (Wildman–Crippen MR) is 46.2 cm³/mol. The largest absolute Gasteiger partial charge is 0.399 e. The third-order valence-corrected chi connectivity index (χ3v) is 1.79. The van der Waals surface area contributed by atoms with Crippen LogP contribution in [0, 0.1) is 6.92 Å². The molecule has 2 nitrogen and oxygen atoms in total. The van der Waals surface area contributed by atoms with Gasteiger partial charge in [-0.15, -0.1) is 0 Å². The topological polar surface area (TPSA) is 46.2 Å². The molecule has 0 bridgehead atoms. The fourth-order valence-electron chi connectivity index (χ4n) is 0.919. The summed E-state index contributed by atoms with van der Waals surface area (Å²) in [5, 5.41) is 9.18. The van der Waals surface area contributed by atoms with Gasteiger partial charge in [0, 0.05) is 5.69 Å². The van der Waals surface area contributed by atoms with Gasteiger partial charge >= 0.3 is 0 Å². The molecule has 0 aliphatic rings. The standard InChI is InChI=1S/C9H13NO/c1-6-3-4-8(7(2)11)5-9(6)10/h3-5,7,11H,10H2,1-2H3/t7-/m1/s1. The second-order valence-corrected chi connectivity index (χ2v) is 2.79. The van der Waals surface area contributed by atoms with Crippen molar-refractivity contribution in [3.63, 3.8) is 0 Å². The Morgan fingerprint density at radius 2 is 2.09 bits per heavy atom. The van der Waals surface area contributed by atoms with Crippen LogP contribution in [0.3, 0.4) is 0 Å². The van der Waals surface area contributed by atoms with E-state index in [0.717, 1.165) is 16.8 Å². The Morgan fingerprint density at radius 1 is 1.45 bits per heavy atom. The van der Waals surface area contributed by atoms with Gasteiger partial charge in [-0.25, -0.2) is 0 Å². The lowest BCUT2D eigenvalue weighted by Crippen LogP contribution is -1.95. The first-order valence-electron chi connectivity index (χ1n) is 3.65. The summed E-state index contributed by atoms with van der Waals surface area (Å²) in [5.74, 6) is 0. The molecule has 1 atom stereocenters. The highest BCUT2D eigenvalue weighted by molar-refractivity contribution is 5.48. The Kier molecular flexibility index (Phi) is 2.15. The molecule has 1 rings (SSSR count). The zero-order valence-corrected chi connectivity index (χ0v) is 6.83. The minimum atomic E-state index is -0.433. The molecule has 3 N–H and O–H groups in total. The van der Waals surface area contributed by atoms with Crippen molar-refractivity contribution < 1.29 is 5.11 Å². The van der Waals surface area contributed by atoms with Crippen LogP contribution < -0.4 is 5.73 Å². The van der Waals surface area contributed by atoms with Gasteiger partial charge in [-0.1, -0.05) is 12.1 Å². The first-order chi connectivity index (χ1) is 5.11. The highest BCUT2D eigenvalue weighted by atomic mass is 16.3. The van der Waals surface area contributed by atoms with E-state index >= 15 is 0 Å². The lowest BCUT2D eigenvalue weighted by molar-refractivity contribution is 0.199. The summed E-state index contributed by atoms with van der Waals surface area (Å²) in [7, 11) is 0. The van der Waals surface area contributed by atoms with E-state index in [-0.39, 0.29) is 0 Å². The number of benzene rings is 1. The summed E-state index contributed by atoms with van der Waals surface area (Å²) in [6.45, 7) is 3.67. The molecule has 2 heteroatoms. The zero-order chi connectivity index (χ0) is 8.43. The molecule has 0 aromatic heterocycles. The van der Waals surface area contributed by atoms with Crippen molar-refractivity contribution in [1.29, 1.82) is 0 Å². The zero-order valence-electron chi connectivity index (χ0n) is 6.83. The molecule has 11 heavy (non-hydrogen) atoms. The van der Waals surface area contributed by atoms with Crippen LogP contribution in [0.5, 0.6) is 0 Å². The fraction of sp³-hybridized carbons (Fsp3) is 0.333. The molecule has 0 unspecified atom stereocenters. The maximum Gasteiger partial charge on any atom is 0.0762 e. The number of aryl methyl sites for hydroxylation is 1. The smallest absolute Gasteiger partial charge is 0.0762 e. The summed E-state index contributed by atoms with van der Waals surface area (Å²) < 4.78 is 0. The van der Waals surface area contributed by atoms with Gasteiger partial charge in [0.1, 0.15) is 0 Å². The predicted octanol–water partition coefficient (Wildman–Crippen LogP) is 1.63. The van der Waals surface area contributed by atoms with E-state index in [1.54, 1.807) is 13.0 Å². The lowest BCUT2D eigenvalue weighted by atomic mass is 10.1. The van der Waals surface area contributed by atoms with Crippen LogP contribution in [0.4, 0.5) is 5.69 Å². The van der Waals surface area contributed by atoms with Gasteiger partial charge in [-0.05, 0) is 31.0 Å². The normalized spacial score (nSPS) is 13.0. The molecule has 0 spiro atoms. The molecule has 0 amide bonds. The van der Waals surface area contributed by atoms with Crippen molar-refractivity contribution in [3.8, 4) is 0 Å². The van der Waals surface area contributed by atoms with Gasteiger partial charge in [0.05, 0.1) is 6.10 Å².